The molecular weight excluding hydrogens is 214 g/mol. The molecule has 17 heavy (non-hydrogen) atoms. The Kier molecular flexibility index (Phi) is 2.83. The van der Waals surface area contributed by atoms with E-state index in [-0.39, 0.29) is 0 Å². The van der Waals surface area contributed by atoms with Crippen molar-refractivity contribution >= 4 is 0 Å². The number of aromatic nitrogens is 4. The van der Waals surface area contributed by atoms with E-state index in [9.17, 15) is 0 Å². The fourth-order valence-electron chi connectivity index (χ4n) is 2.14. The Morgan fingerprint density at radius 1 is 1.29 bits per heavy atom. The van der Waals surface area contributed by atoms with E-state index in [0.717, 1.165) is 31.0 Å². The zero-order chi connectivity index (χ0) is 11.5. The molecule has 0 radical (unpaired) electrons. The standard InChI is InChI=1S/C12H15N5/c1-2-10(14-5-1)12-15-11(16-17-12)8-9-3-6-13-7-4-9/h3-4,6-7,10,14H,1-2,5,8H2,(H,15,16,17). The second-order valence-corrected chi connectivity index (χ2v) is 4.32. The molecule has 3 heterocycles. The quantitative estimate of drug-likeness (QED) is 0.830. The van der Waals surface area contributed by atoms with Gasteiger partial charge in [0.05, 0.1) is 6.04 Å². The molecule has 0 bridgehead atoms. The van der Waals surface area contributed by atoms with Crippen molar-refractivity contribution in [3.63, 3.8) is 0 Å². The van der Waals surface area contributed by atoms with Crippen LogP contribution in [0.25, 0.3) is 0 Å². The predicted molar refractivity (Wildman–Crippen MR) is 63.4 cm³/mol. The van der Waals surface area contributed by atoms with Gasteiger partial charge in [0, 0.05) is 18.8 Å². The van der Waals surface area contributed by atoms with Crippen molar-refractivity contribution in [3.8, 4) is 0 Å². The third-order valence-corrected chi connectivity index (χ3v) is 3.04. The Labute approximate surface area is 99.7 Å². The van der Waals surface area contributed by atoms with Crippen LogP contribution in [0.1, 0.15) is 36.1 Å². The molecule has 0 aliphatic carbocycles. The lowest BCUT2D eigenvalue weighted by Crippen LogP contribution is -2.14. The summed E-state index contributed by atoms with van der Waals surface area (Å²) in [4.78, 5) is 8.54. The van der Waals surface area contributed by atoms with Crippen molar-refractivity contribution < 1.29 is 0 Å². The van der Waals surface area contributed by atoms with Gasteiger partial charge in [-0.25, -0.2) is 4.98 Å². The molecular formula is C12H15N5. The van der Waals surface area contributed by atoms with Crippen molar-refractivity contribution in [1.82, 2.24) is 25.5 Å². The van der Waals surface area contributed by atoms with Crippen LogP contribution in [-0.4, -0.2) is 26.7 Å². The Morgan fingerprint density at radius 3 is 2.94 bits per heavy atom. The first kappa shape index (κ1) is 10.4. The summed E-state index contributed by atoms with van der Waals surface area (Å²) in [5.74, 6) is 1.81. The van der Waals surface area contributed by atoms with Gasteiger partial charge in [0.2, 0.25) is 0 Å². The van der Waals surface area contributed by atoms with Gasteiger partial charge in [-0.05, 0) is 37.1 Å². The number of H-pyrrole nitrogens is 1. The van der Waals surface area contributed by atoms with Crippen molar-refractivity contribution in [3.05, 3.63) is 41.7 Å². The van der Waals surface area contributed by atoms with E-state index in [4.69, 9.17) is 0 Å². The highest BCUT2D eigenvalue weighted by molar-refractivity contribution is 5.15. The van der Waals surface area contributed by atoms with Crippen LogP contribution >= 0.6 is 0 Å². The molecule has 1 aliphatic heterocycles. The Morgan fingerprint density at radius 2 is 2.18 bits per heavy atom. The average Bonchev–Trinajstić information content (AvgIpc) is 3.00. The normalized spacial score (nSPS) is 19.6. The number of nitrogens with zero attached hydrogens (tertiary/aromatic N) is 3. The first-order valence-electron chi connectivity index (χ1n) is 5.95. The monoisotopic (exact) mass is 229 g/mol. The lowest BCUT2D eigenvalue weighted by atomic mass is 10.2. The number of rotatable bonds is 3. The molecule has 5 nitrogen and oxygen atoms in total. The van der Waals surface area contributed by atoms with E-state index in [1.54, 1.807) is 12.4 Å². The van der Waals surface area contributed by atoms with Crippen LogP contribution in [0.4, 0.5) is 0 Å². The molecule has 2 aromatic heterocycles. The van der Waals surface area contributed by atoms with Crippen LogP contribution in [0.3, 0.4) is 0 Å². The van der Waals surface area contributed by atoms with Crippen LogP contribution < -0.4 is 5.32 Å². The van der Waals surface area contributed by atoms with Crippen LogP contribution in [0.15, 0.2) is 24.5 Å². The smallest absolute Gasteiger partial charge is 0.167 e. The fourth-order valence-corrected chi connectivity index (χ4v) is 2.14. The van der Waals surface area contributed by atoms with Gasteiger partial charge in [-0.2, -0.15) is 5.10 Å². The summed E-state index contributed by atoms with van der Waals surface area (Å²) in [5, 5.41) is 10.7. The van der Waals surface area contributed by atoms with Gasteiger partial charge in [-0.1, -0.05) is 0 Å². The largest absolute Gasteiger partial charge is 0.307 e. The van der Waals surface area contributed by atoms with Crippen molar-refractivity contribution in [1.29, 1.82) is 0 Å². The highest BCUT2D eigenvalue weighted by Gasteiger charge is 2.20. The molecule has 0 saturated carbocycles. The predicted octanol–water partition coefficient (Wildman–Crippen LogP) is 1.21. The molecule has 1 aliphatic rings. The number of pyridine rings is 1. The van der Waals surface area contributed by atoms with E-state index in [1.807, 2.05) is 12.1 Å². The van der Waals surface area contributed by atoms with Crippen LogP contribution in [0, 0.1) is 0 Å². The summed E-state index contributed by atoms with van der Waals surface area (Å²) in [6, 6.07) is 4.32. The minimum atomic E-state index is 0.331. The summed E-state index contributed by atoms with van der Waals surface area (Å²) in [6.45, 7) is 1.07. The molecule has 88 valence electrons. The molecule has 0 spiro atoms. The zero-order valence-corrected chi connectivity index (χ0v) is 9.56. The first-order valence-corrected chi connectivity index (χ1v) is 5.95. The van der Waals surface area contributed by atoms with Gasteiger partial charge in [0.1, 0.15) is 5.82 Å². The number of nitrogens with one attached hydrogen (secondary N) is 2. The molecule has 3 rings (SSSR count). The lowest BCUT2D eigenvalue weighted by Gasteiger charge is -2.02. The Balaban J connectivity index is 1.72. The minimum absolute atomic E-state index is 0.331. The van der Waals surface area contributed by atoms with Gasteiger partial charge in [-0.15, -0.1) is 0 Å². The fraction of sp³-hybridized carbons (Fsp3) is 0.417. The van der Waals surface area contributed by atoms with Crippen LogP contribution in [-0.2, 0) is 6.42 Å². The maximum Gasteiger partial charge on any atom is 0.167 e. The highest BCUT2D eigenvalue weighted by atomic mass is 15.2. The van der Waals surface area contributed by atoms with E-state index in [1.165, 1.54) is 12.0 Å². The van der Waals surface area contributed by atoms with Gasteiger partial charge in [0.25, 0.3) is 0 Å². The molecule has 0 amide bonds. The second kappa shape index (κ2) is 4.63. The topological polar surface area (TPSA) is 66.5 Å². The van der Waals surface area contributed by atoms with E-state index < -0.39 is 0 Å². The lowest BCUT2D eigenvalue weighted by molar-refractivity contribution is 0.607. The maximum atomic E-state index is 4.54. The van der Waals surface area contributed by atoms with Gasteiger partial charge < -0.3 is 5.32 Å². The zero-order valence-electron chi connectivity index (χ0n) is 9.56. The molecule has 2 aromatic rings. The Hall–Kier alpha value is -1.75. The molecule has 1 fully saturated rings. The summed E-state index contributed by atoms with van der Waals surface area (Å²) in [5.41, 5.74) is 1.20. The number of hydrogen-bond donors (Lipinski definition) is 2. The summed E-state index contributed by atoms with van der Waals surface area (Å²) in [7, 11) is 0. The van der Waals surface area contributed by atoms with Gasteiger partial charge in [-0.3, -0.25) is 10.1 Å². The van der Waals surface area contributed by atoms with Crippen LogP contribution in [0.2, 0.25) is 0 Å². The SMILES string of the molecule is c1cc(Cc2nc(C3CCCN3)n[nH]2)ccn1. The van der Waals surface area contributed by atoms with Crippen molar-refractivity contribution in [2.75, 3.05) is 6.54 Å². The van der Waals surface area contributed by atoms with Gasteiger partial charge in [0.15, 0.2) is 5.82 Å². The molecule has 1 unspecified atom stereocenters. The van der Waals surface area contributed by atoms with Crippen LogP contribution in [0.5, 0.6) is 0 Å². The minimum Gasteiger partial charge on any atom is -0.307 e. The van der Waals surface area contributed by atoms with Crippen molar-refractivity contribution in [2.45, 2.75) is 25.3 Å². The molecule has 1 atom stereocenters. The summed E-state index contributed by atoms with van der Waals surface area (Å²) in [6.07, 6.45) is 6.71. The molecule has 5 heteroatoms. The number of hydrogen-bond acceptors (Lipinski definition) is 4. The first-order chi connectivity index (χ1) is 8.42. The Bertz CT molecular complexity index is 473. The van der Waals surface area contributed by atoms with E-state index >= 15 is 0 Å². The third kappa shape index (κ3) is 2.34. The second-order valence-electron chi connectivity index (χ2n) is 4.32. The van der Waals surface area contributed by atoms with Gasteiger partial charge >= 0.3 is 0 Å². The highest BCUT2D eigenvalue weighted by Crippen LogP contribution is 2.19. The van der Waals surface area contributed by atoms with E-state index in [2.05, 4.69) is 25.5 Å². The molecule has 2 N–H and O–H groups in total. The summed E-state index contributed by atoms with van der Waals surface area (Å²) < 4.78 is 0. The number of aromatic amines is 1. The summed E-state index contributed by atoms with van der Waals surface area (Å²) >= 11 is 0. The molecule has 0 aromatic carbocycles. The third-order valence-electron chi connectivity index (χ3n) is 3.04. The average molecular weight is 229 g/mol. The maximum absolute atomic E-state index is 4.54. The van der Waals surface area contributed by atoms with E-state index in [0.29, 0.717) is 6.04 Å². The molecule has 1 saturated heterocycles. The van der Waals surface area contributed by atoms with Crippen molar-refractivity contribution in [2.24, 2.45) is 0 Å².